The van der Waals surface area contributed by atoms with Crippen LogP contribution in [0.4, 0.5) is 19.0 Å². The van der Waals surface area contributed by atoms with Gasteiger partial charge in [-0.3, -0.25) is 4.98 Å². The average Bonchev–Trinajstić information content (AvgIpc) is 2.39. The third-order valence-corrected chi connectivity index (χ3v) is 2.31. The van der Waals surface area contributed by atoms with Gasteiger partial charge in [-0.15, -0.1) is 0 Å². The van der Waals surface area contributed by atoms with E-state index in [1.54, 1.807) is 19.1 Å². The highest BCUT2D eigenvalue weighted by Crippen LogP contribution is 2.30. The number of halogens is 3. The molecule has 7 heteroatoms. The van der Waals surface area contributed by atoms with E-state index in [-0.39, 0.29) is 11.6 Å². The number of rotatable bonds is 3. The minimum atomic E-state index is -4.51. The fraction of sp³-hybridized carbons (Fsp3) is 0.250. The van der Waals surface area contributed by atoms with E-state index in [4.69, 9.17) is 0 Å². The topological polar surface area (TPSA) is 50.7 Å². The fourth-order valence-electron chi connectivity index (χ4n) is 1.49. The van der Waals surface area contributed by atoms with Crippen molar-refractivity contribution in [3.63, 3.8) is 0 Å². The Kier molecular flexibility index (Phi) is 3.64. The normalized spacial score (nSPS) is 11.4. The molecule has 0 amide bonds. The molecular formula is C12H11F3N4. The molecule has 0 radical (unpaired) electrons. The quantitative estimate of drug-likeness (QED) is 0.929. The third-order valence-electron chi connectivity index (χ3n) is 2.31. The highest BCUT2D eigenvalue weighted by Gasteiger charge is 2.33. The number of hydrogen-bond acceptors (Lipinski definition) is 4. The lowest BCUT2D eigenvalue weighted by Gasteiger charge is -2.11. The van der Waals surface area contributed by atoms with Gasteiger partial charge in [0.05, 0.1) is 0 Å². The van der Waals surface area contributed by atoms with E-state index in [9.17, 15) is 13.2 Å². The molecule has 0 saturated carbocycles. The van der Waals surface area contributed by atoms with Crippen molar-refractivity contribution in [2.75, 3.05) is 11.9 Å². The molecule has 0 aliphatic carbocycles. The summed E-state index contributed by atoms with van der Waals surface area (Å²) in [6, 6.07) is 4.02. The molecule has 4 nitrogen and oxygen atoms in total. The Balaban J connectivity index is 2.52. The van der Waals surface area contributed by atoms with Crippen LogP contribution in [0.15, 0.2) is 30.6 Å². The summed E-state index contributed by atoms with van der Waals surface area (Å²) in [6.45, 7) is 2.26. The molecule has 100 valence electrons. The maximum Gasteiger partial charge on any atom is 0.433 e. The predicted molar refractivity (Wildman–Crippen MR) is 64.4 cm³/mol. The predicted octanol–water partition coefficient (Wildman–Crippen LogP) is 2.99. The lowest BCUT2D eigenvalue weighted by molar-refractivity contribution is -0.141. The van der Waals surface area contributed by atoms with Gasteiger partial charge in [0, 0.05) is 30.6 Å². The zero-order valence-electron chi connectivity index (χ0n) is 10.1. The summed E-state index contributed by atoms with van der Waals surface area (Å²) in [5.74, 6) is 0.171. The van der Waals surface area contributed by atoms with Crippen molar-refractivity contribution >= 4 is 5.82 Å². The highest BCUT2D eigenvalue weighted by atomic mass is 19.4. The van der Waals surface area contributed by atoms with E-state index >= 15 is 0 Å². The first-order valence-corrected chi connectivity index (χ1v) is 5.61. The van der Waals surface area contributed by atoms with Crippen molar-refractivity contribution in [1.82, 2.24) is 15.0 Å². The van der Waals surface area contributed by atoms with Crippen molar-refractivity contribution < 1.29 is 13.2 Å². The summed E-state index contributed by atoms with van der Waals surface area (Å²) in [5.41, 5.74) is -0.481. The minimum absolute atomic E-state index is 0.0215. The van der Waals surface area contributed by atoms with Gasteiger partial charge in [0.1, 0.15) is 5.82 Å². The summed E-state index contributed by atoms with van der Waals surface area (Å²) in [7, 11) is 0. The van der Waals surface area contributed by atoms with Crippen molar-refractivity contribution in [1.29, 1.82) is 0 Å². The second kappa shape index (κ2) is 5.21. The zero-order valence-corrected chi connectivity index (χ0v) is 10.1. The van der Waals surface area contributed by atoms with Crippen LogP contribution < -0.4 is 5.32 Å². The molecule has 0 aliphatic heterocycles. The Morgan fingerprint density at radius 3 is 2.42 bits per heavy atom. The summed E-state index contributed by atoms with van der Waals surface area (Å²) >= 11 is 0. The number of anilines is 1. The van der Waals surface area contributed by atoms with Crippen LogP contribution in [0.1, 0.15) is 12.6 Å². The van der Waals surface area contributed by atoms with Crippen molar-refractivity contribution in [3.8, 4) is 11.4 Å². The van der Waals surface area contributed by atoms with Crippen molar-refractivity contribution in [2.24, 2.45) is 0 Å². The monoisotopic (exact) mass is 268 g/mol. The van der Waals surface area contributed by atoms with Crippen LogP contribution in [0.5, 0.6) is 0 Å². The Hall–Kier alpha value is -2.18. The number of nitrogens with zero attached hydrogens (tertiary/aromatic N) is 3. The molecule has 2 aromatic heterocycles. The maximum absolute atomic E-state index is 12.8. The van der Waals surface area contributed by atoms with Crippen LogP contribution in [0.3, 0.4) is 0 Å². The van der Waals surface area contributed by atoms with Gasteiger partial charge in [0.25, 0.3) is 0 Å². The molecule has 0 unspecified atom stereocenters. The van der Waals surface area contributed by atoms with Gasteiger partial charge in [-0.1, -0.05) is 0 Å². The fourth-order valence-corrected chi connectivity index (χ4v) is 1.49. The Morgan fingerprint density at radius 2 is 1.84 bits per heavy atom. The maximum atomic E-state index is 12.8. The first-order chi connectivity index (χ1) is 9.00. The molecule has 19 heavy (non-hydrogen) atoms. The molecule has 0 aliphatic rings. The Labute approximate surface area is 107 Å². The number of nitrogens with one attached hydrogen (secondary N) is 1. The van der Waals surface area contributed by atoms with E-state index in [0.717, 1.165) is 6.07 Å². The summed E-state index contributed by atoms with van der Waals surface area (Å²) in [4.78, 5) is 11.4. The molecule has 0 fully saturated rings. The smallest absolute Gasteiger partial charge is 0.370 e. The SMILES string of the molecule is CCNc1cc(C(F)(F)F)nc(-c2ccncc2)n1. The van der Waals surface area contributed by atoms with Gasteiger partial charge in [-0.2, -0.15) is 13.2 Å². The van der Waals surface area contributed by atoms with E-state index in [1.807, 2.05) is 0 Å². The lowest BCUT2D eigenvalue weighted by atomic mass is 10.2. The molecule has 0 saturated heterocycles. The Morgan fingerprint density at radius 1 is 1.16 bits per heavy atom. The minimum Gasteiger partial charge on any atom is -0.370 e. The molecular weight excluding hydrogens is 257 g/mol. The molecule has 0 bridgehead atoms. The molecule has 2 rings (SSSR count). The van der Waals surface area contributed by atoms with Crippen LogP contribution in [0.2, 0.25) is 0 Å². The standard InChI is InChI=1S/C12H11F3N4/c1-2-17-10-7-9(12(13,14)15)18-11(19-10)8-3-5-16-6-4-8/h3-7H,2H2,1H3,(H,17,18,19). The summed E-state index contributed by atoms with van der Waals surface area (Å²) < 4.78 is 38.3. The molecule has 2 aromatic rings. The second-order valence-corrected chi connectivity index (χ2v) is 3.73. The number of alkyl halides is 3. The van der Waals surface area contributed by atoms with Crippen LogP contribution in [0, 0.1) is 0 Å². The Bertz CT molecular complexity index is 555. The molecule has 2 heterocycles. The number of pyridine rings is 1. The average molecular weight is 268 g/mol. The number of hydrogen-bond donors (Lipinski definition) is 1. The lowest BCUT2D eigenvalue weighted by Crippen LogP contribution is -2.12. The summed E-state index contributed by atoms with van der Waals surface area (Å²) in [5, 5.41) is 2.76. The van der Waals surface area contributed by atoms with Gasteiger partial charge in [0.2, 0.25) is 0 Å². The zero-order chi connectivity index (χ0) is 13.9. The van der Waals surface area contributed by atoms with E-state index in [1.165, 1.54) is 12.4 Å². The first-order valence-electron chi connectivity index (χ1n) is 5.61. The van der Waals surface area contributed by atoms with Gasteiger partial charge in [-0.05, 0) is 19.1 Å². The van der Waals surface area contributed by atoms with Crippen LogP contribution in [-0.2, 0) is 6.18 Å². The van der Waals surface area contributed by atoms with E-state index < -0.39 is 11.9 Å². The van der Waals surface area contributed by atoms with Gasteiger partial charge in [0.15, 0.2) is 11.5 Å². The van der Waals surface area contributed by atoms with Crippen molar-refractivity contribution in [3.05, 3.63) is 36.3 Å². The number of aromatic nitrogens is 3. The first kappa shape index (κ1) is 13.3. The second-order valence-electron chi connectivity index (χ2n) is 3.73. The van der Waals surface area contributed by atoms with Crippen molar-refractivity contribution in [2.45, 2.75) is 13.1 Å². The van der Waals surface area contributed by atoms with Crippen LogP contribution >= 0.6 is 0 Å². The molecule has 0 spiro atoms. The third kappa shape index (κ3) is 3.18. The molecule has 0 atom stereocenters. The van der Waals surface area contributed by atoms with Gasteiger partial charge >= 0.3 is 6.18 Å². The highest BCUT2D eigenvalue weighted by molar-refractivity contribution is 5.56. The van der Waals surface area contributed by atoms with E-state index in [0.29, 0.717) is 12.1 Å². The summed E-state index contributed by atoms with van der Waals surface area (Å²) in [6.07, 6.45) is -1.55. The largest absolute Gasteiger partial charge is 0.433 e. The van der Waals surface area contributed by atoms with Crippen LogP contribution in [0.25, 0.3) is 11.4 Å². The molecule has 1 N–H and O–H groups in total. The van der Waals surface area contributed by atoms with Crippen LogP contribution in [-0.4, -0.2) is 21.5 Å². The van der Waals surface area contributed by atoms with Gasteiger partial charge in [-0.25, -0.2) is 9.97 Å². The van der Waals surface area contributed by atoms with Gasteiger partial charge < -0.3 is 5.32 Å². The molecule has 0 aromatic carbocycles. The van der Waals surface area contributed by atoms with E-state index in [2.05, 4.69) is 20.3 Å².